The van der Waals surface area contributed by atoms with Crippen molar-refractivity contribution in [3.8, 4) is 0 Å². The zero-order chi connectivity index (χ0) is 15.2. The van der Waals surface area contributed by atoms with Crippen molar-refractivity contribution in [2.45, 2.75) is 19.5 Å². The fraction of sp³-hybridized carbons (Fsp3) is 0.455. The van der Waals surface area contributed by atoms with Gasteiger partial charge in [0.15, 0.2) is 0 Å². The van der Waals surface area contributed by atoms with Crippen LogP contribution in [0.5, 0.6) is 0 Å². The molecular formula is C11H13F3N4O2. The van der Waals surface area contributed by atoms with Gasteiger partial charge in [-0.2, -0.15) is 13.2 Å². The number of rotatable bonds is 5. The highest BCUT2D eigenvalue weighted by Gasteiger charge is 2.38. The molecule has 0 radical (unpaired) electrons. The van der Waals surface area contributed by atoms with E-state index in [-0.39, 0.29) is 18.7 Å². The molecule has 9 heteroatoms. The summed E-state index contributed by atoms with van der Waals surface area (Å²) < 4.78 is 35.6. The average molecular weight is 290 g/mol. The number of aryl methyl sites for hydroxylation is 1. The summed E-state index contributed by atoms with van der Waals surface area (Å²) in [5, 5.41) is 3.98. The molecule has 1 aromatic heterocycles. The number of halogens is 3. The van der Waals surface area contributed by atoms with Crippen LogP contribution >= 0.6 is 0 Å². The molecule has 0 fully saturated rings. The quantitative estimate of drug-likeness (QED) is 0.771. The van der Waals surface area contributed by atoms with Crippen LogP contribution in [0, 0.1) is 0 Å². The fourth-order valence-electron chi connectivity index (χ4n) is 1.21. The van der Waals surface area contributed by atoms with Crippen LogP contribution in [0.25, 0.3) is 0 Å². The normalized spacial score (nSPS) is 11.0. The van der Waals surface area contributed by atoms with Gasteiger partial charge in [-0.25, -0.2) is 9.97 Å². The average Bonchev–Trinajstić information content (AvgIpc) is 2.42. The summed E-state index contributed by atoms with van der Waals surface area (Å²) in [6, 6.07) is 0. The van der Waals surface area contributed by atoms with Gasteiger partial charge in [0, 0.05) is 31.9 Å². The Morgan fingerprint density at radius 1 is 1.15 bits per heavy atom. The Bertz CT molecular complexity index is 474. The summed E-state index contributed by atoms with van der Waals surface area (Å²) in [6.45, 7) is 1.41. The third-order valence-electron chi connectivity index (χ3n) is 2.24. The van der Waals surface area contributed by atoms with Crippen LogP contribution in [0.15, 0.2) is 12.4 Å². The molecule has 6 nitrogen and oxygen atoms in total. The molecular weight excluding hydrogens is 277 g/mol. The molecule has 0 bridgehead atoms. The Morgan fingerprint density at radius 2 is 1.70 bits per heavy atom. The maximum Gasteiger partial charge on any atom is 0.471 e. The minimum absolute atomic E-state index is 0.129. The first-order valence-corrected chi connectivity index (χ1v) is 5.78. The van der Waals surface area contributed by atoms with Gasteiger partial charge >= 0.3 is 12.1 Å². The van der Waals surface area contributed by atoms with E-state index in [4.69, 9.17) is 0 Å². The number of carbonyl (C=O) groups excluding carboxylic acids is 2. The molecule has 0 aromatic carbocycles. The predicted molar refractivity (Wildman–Crippen MR) is 62.8 cm³/mol. The number of alkyl halides is 3. The maximum atomic E-state index is 11.9. The molecule has 0 saturated carbocycles. The van der Waals surface area contributed by atoms with Crippen molar-refractivity contribution in [3.63, 3.8) is 0 Å². The lowest BCUT2D eigenvalue weighted by atomic mass is 10.3. The number of nitrogens with one attached hydrogen (secondary N) is 2. The van der Waals surface area contributed by atoms with Crippen molar-refractivity contribution in [1.29, 1.82) is 0 Å². The van der Waals surface area contributed by atoms with Gasteiger partial charge in [-0.3, -0.25) is 9.59 Å². The number of hydrogen-bond acceptors (Lipinski definition) is 4. The summed E-state index contributed by atoms with van der Waals surface area (Å²) in [6.07, 6.45) is -1.63. The number of nitrogens with zero attached hydrogens (tertiary/aromatic N) is 2. The fourth-order valence-corrected chi connectivity index (χ4v) is 1.21. The number of hydrogen-bond donors (Lipinski definition) is 2. The molecule has 1 rings (SSSR count). The highest BCUT2D eigenvalue weighted by atomic mass is 19.4. The molecule has 2 N–H and O–H groups in total. The molecule has 20 heavy (non-hydrogen) atoms. The highest BCUT2D eigenvalue weighted by molar-refractivity contribution is 5.93. The van der Waals surface area contributed by atoms with E-state index >= 15 is 0 Å². The van der Waals surface area contributed by atoms with Crippen molar-refractivity contribution < 1.29 is 22.8 Å². The topological polar surface area (TPSA) is 84.0 Å². The van der Waals surface area contributed by atoms with Crippen molar-refractivity contribution in [3.05, 3.63) is 23.8 Å². The molecule has 110 valence electrons. The standard InChI is InChI=1S/C11H13F3N4O2/c1-2-8-17-5-7(6-18-8)9(19)15-3-4-16-10(20)11(12,13)14/h5-6H,2-4H2,1H3,(H,15,19)(H,16,20). The first kappa shape index (κ1) is 15.9. The van der Waals surface area contributed by atoms with E-state index in [9.17, 15) is 22.8 Å². The summed E-state index contributed by atoms with van der Waals surface area (Å²) >= 11 is 0. The Hall–Kier alpha value is -2.19. The van der Waals surface area contributed by atoms with Gasteiger partial charge in [0.2, 0.25) is 0 Å². The maximum absolute atomic E-state index is 11.9. The van der Waals surface area contributed by atoms with Crippen molar-refractivity contribution >= 4 is 11.8 Å². The molecule has 0 atom stereocenters. The second kappa shape index (κ2) is 6.83. The van der Waals surface area contributed by atoms with Gasteiger partial charge in [0.25, 0.3) is 5.91 Å². The van der Waals surface area contributed by atoms with Crippen LogP contribution < -0.4 is 10.6 Å². The zero-order valence-electron chi connectivity index (χ0n) is 10.6. The van der Waals surface area contributed by atoms with E-state index in [1.807, 2.05) is 6.92 Å². The van der Waals surface area contributed by atoms with Crippen LogP contribution in [-0.2, 0) is 11.2 Å². The molecule has 0 spiro atoms. The van der Waals surface area contributed by atoms with Crippen molar-refractivity contribution in [2.24, 2.45) is 0 Å². The van der Waals surface area contributed by atoms with E-state index in [1.54, 1.807) is 5.32 Å². The molecule has 0 aliphatic carbocycles. The minimum atomic E-state index is -4.92. The zero-order valence-corrected chi connectivity index (χ0v) is 10.6. The summed E-state index contributed by atoms with van der Waals surface area (Å²) in [7, 11) is 0. The molecule has 0 saturated heterocycles. The van der Waals surface area contributed by atoms with Gasteiger partial charge in [0.05, 0.1) is 5.56 Å². The monoisotopic (exact) mass is 290 g/mol. The van der Waals surface area contributed by atoms with Crippen LogP contribution in [0.4, 0.5) is 13.2 Å². The largest absolute Gasteiger partial charge is 0.471 e. The lowest BCUT2D eigenvalue weighted by Crippen LogP contribution is -2.41. The summed E-state index contributed by atoms with van der Waals surface area (Å²) in [5.41, 5.74) is 0.198. The lowest BCUT2D eigenvalue weighted by molar-refractivity contribution is -0.173. The first-order valence-electron chi connectivity index (χ1n) is 5.78. The Kier molecular flexibility index (Phi) is 5.42. The van der Waals surface area contributed by atoms with Crippen LogP contribution in [0.2, 0.25) is 0 Å². The second-order valence-corrected chi connectivity index (χ2v) is 3.75. The Morgan fingerprint density at radius 3 is 2.20 bits per heavy atom. The first-order chi connectivity index (χ1) is 9.34. The van der Waals surface area contributed by atoms with E-state index in [2.05, 4.69) is 15.3 Å². The SMILES string of the molecule is CCc1ncc(C(=O)NCCNC(=O)C(F)(F)F)cn1. The van der Waals surface area contributed by atoms with Crippen molar-refractivity contribution in [1.82, 2.24) is 20.6 Å². The van der Waals surface area contributed by atoms with Gasteiger partial charge in [-0.1, -0.05) is 6.92 Å². The van der Waals surface area contributed by atoms with Crippen LogP contribution in [-0.4, -0.2) is 41.0 Å². The van der Waals surface area contributed by atoms with E-state index in [0.717, 1.165) is 0 Å². The number of carbonyl (C=O) groups is 2. The third-order valence-corrected chi connectivity index (χ3v) is 2.24. The van der Waals surface area contributed by atoms with Crippen molar-refractivity contribution in [2.75, 3.05) is 13.1 Å². The van der Waals surface area contributed by atoms with Crippen LogP contribution in [0.3, 0.4) is 0 Å². The van der Waals surface area contributed by atoms with Gasteiger partial charge in [0.1, 0.15) is 5.82 Å². The second-order valence-electron chi connectivity index (χ2n) is 3.75. The van der Waals surface area contributed by atoms with Crippen LogP contribution in [0.1, 0.15) is 23.1 Å². The molecule has 0 unspecified atom stereocenters. The third kappa shape index (κ3) is 4.82. The predicted octanol–water partition coefficient (Wildman–Crippen LogP) is 0.447. The number of amides is 2. The molecule has 0 aliphatic rings. The van der Waals surface area contributed by atoms with E-state index in [0.29, 0.717) is 12.2 Å². The minimum Gasteiger partial charge on any atom is -0.350 e. The van der Waals surface area contributed by atoms with Gasteiger partial charge in [-0.05, 0) is 0 Å². The highest BCUT2D eigenvalue weighted by Crippen LogP contribution is 2.13. The summed E-state index contributed by atoms with van der Waals surface area (Å²) in [5.74, 6) is -1.98. The molecule has 2 amide bonds. The van der Waals surface area contributed by atoms with E-state index in [1.165, 1.54) is 12.4 Å². The molecule has 1 aromatic rings. The Labute approximate surface area is 112 Å². The Balaban J connectivity index is 2.35. The smallest absolute Gasteiger partial charge is 0.350 e. The van der Waals surface area contributed by atoms with Gasteiger partial charge in [-0.15, -0.1) is 0 Å². The number of aromatic nitrogens is 2. The van der Waals surface area contributed by atoms with Gasteiger partial charge < -0.3 is 10.6 Å². The lowest BCUT2D eigenvalue weighted by Gasteiger charge is -2.08. The molecule has 0 aliphatic heterocycles. The van der Waals surface area contributed by atoms with E-state index < -0.39 is 18.0 Å². The molecule has 1 heterocycles. The summed E-state index contributed by atoms with van der Waals surface area (Å²) in [4.78, 5) is 29.9.